The summed E-state index contributed by atoms with van der Waals surface area (Å²) in [7, 11) is 0. The molecule has 3 aromatic rings. The monoisotopic (exact) mass is 441 g/mol. The SMILES string of the molecule is O=C(Nc1cnc(F)cc1OCC(F)(F)F)c1ccnc(Nc2ccc(Cl)cc2)n1. The Hall–Kier alpha value is -3.47. The molecule has 3 rings (SSSR count). The van der Waals surface area contributed by atoms with E-state index >= 15 is 0 Å². The number of rotatable bonds is 6. The molecule has 156 valence electrons. The summed E-state index contributed by atoms with van der Waals surface area (Å²) in [6, 6.07) is 8.55. The summed E-state index contributed by atoms with van der Waals surface area (Å²) in [5.74, 6) is -2.29. The average molecular weight is 442 g/mol. The Balaban J connectivity index is 1.75. The van der Waals surface area contributed by atoms with Crippen LogP contribution in [0.4, 0.5) is 34.9 Å². The van der Waals surface area contributed by atoms with Gasteiger partial charge in [0.15, 0.2) is 6.61 Å². The van der Waals surface area contributed by atoms with Gasteiger partial charge in [-0.05, 0) is 30.3 Å². The minimum atomic E-state index is -4.64. The number of hydrogen-bond donors (Lipinski definition) is 2. The predicted molar refractivity (Wildman–Crippen MR) is 100 cm³/mol. The van der Waals surface area contributed by atoms with Crippen LogP contribution >= 0.6 is 11.6 Å². The van der Waals surface area contributed by atoms with Crippen LogP contribution in [0.1, 0.15) is 10.5 Å². The lowest BCUT2D eigenvalue weighted by Gasteiger charge is -2.13. The number of carbonyl (C=O) groups is 1. The number of halogens is 5. The van der Waals surface area contributed by atoms with E-state index in [1.54, 1.807) is 24.3 Å². The molecule has 0 fully saturated rings. The molecule has 0 aliphatic rings. The largest absolute Gasteiger partial charge is 0.482 e. The van der Waals surface area contributed by atoms with Gasteiger partial charge in [-0.2, -0.15) is 17.6 Å². The lowest BCUT2D eigenvalue weighted by Crippen LogP contribution is -2.21. The van der Waals surface area contributed by atoms with Crippen LogP contribution in [0.3, 0.4) is 0 Å². The molecule has 0 aliphatic heterocycles. The van der Waals surface area contributed by atoms with E-state index in [1.807, 2.05) is 0 Å². The highest BCUT2D eigenvalue weighted by atomic mass is 35.5. The molecule has 0 radical (unpaired) electrons. The smallest absolute Gasteiger partial charge is 0.422 e. The maximum Gasteiger partial charge on any atom is 0.422 e. The lowest BCUT2D eigenvalue weighted by molar-refractivity contribution is -0.153. The first kappa shape index (κ1) is 21.2. The maximum absolute atomic E-state index is 13.3. The fraction of sp³-hybridized carbons (Fsp3) is 0.111. The third-order valence-corrected chi connectivity index (χ3v) is 3.71. The number of carbonyl (C=O) groups excluding carboxylic acids is 1. The second kappa shape index (κ2) is 8.91. The topological polar surface area (TPSA) is 89.0 Å². The predicted octanol–water partition coefficient (Wildman–Crippen LogP) is 4.60. The van der Waals surface area contributed by atoms with E-state index in [9.17, 15) is 22.4 Å². The van der Waals surface area contributed by atoms with Gasteiger partial charge in [0.2, 0.25) is 11.9 Å². The van der Waals surface area contributed by atoms with Crippen molar-refractivity contribution in [2.45, 2.75) is 6.18 Å². The molecule has 12 heteroatoms. The van der Waals surface area contributed by atoms with E-state index in [-0.39, 0.29) is 17.3 Å². The summed E-state index contributed by atoms with van der Waals surface area (Å²) in [6.07, 6.45) is -2.49. The van der Waals surface area contributed by atoms with Crippen molar-refractivity contribution in [1.82, 2.24) is 15.0 Å². The van der Waals surface area contributed by atoms with E-state index in [2.05, 4.69) is 30.3 Å². The van der Waals surface area contributed by atoms with Gasteiger partial charge < -0.3 is 15.4 Å². The van der Waals surface area contributed by atoms with E-state index in [4.69, 9.17) is 11.6 Å². The number of nitrogens with zero attached hydrogens (tertiary/aromatic N) is 3. The summed E-state index contributed by atoms with van der Waals surface area (Å²) in [5.41, 5.74) is 0.256. The molecule has 2 heterocycles. The molecule has 1 aromatic carbocycles. The molecule has 30 heavy (non-hydrogen) atoms. The van der Waals surface area contributed by atoms with Crippen LogP contribution in [0.2, 0.25) is 5.02 Å². The Morgan fingerprint density at radius 1 is 1.13 bits per heavy atom. The number of pyridine rings is 1. The molecular formula is C18H12ClF4N5O2. The normalized spacial score (nSPS) is 11.1. The quantitative estimate of drug-likeness (QED) is 0.429. The third-order valence-electron chi connectivity index (χ3n) is 3.46. The van der Waals surface area contributed by atoms with E-state index in [1.165, 1.54) is 12.3 Å². The van der Waals surface area contributed by atoms with Crippen molar-refractivity contribution < 1.29 is 27.1 Å². The molecule has 1 amide bonds. The highest BCUT2D eigenvalue weighted by Crippen LogP contribution is 2.27. The van der Waals surface area contributed by atoms with Crippen molar-refractivity contribution in [3.05, 3.63) is 65.5 Å². The van der Waals surface area contributed by atoms with E-state index in [0.29, 0.717) is 16.8 Å². The Morgan fingerprint density at radius 2 is 1.87 bits per heavy atom. The Labute approximate surface area is 172 Å². The lowest BCUT2D eigenvalue weighted by atomic mass is 10.3. The number of hydrogen-bond acceptors (Lipinski definition) is 6. The van der Waals surface area contributed by atoms with Gasteiger partial charge in [-0.15, -0.1) is 0 Å². The standard InChI is InChI=1S/C18H12ClF4N5O2/c19-10-1-3-11(4-2-10)26-17-24-6-5-12(28-17)16(29)27-13-8-25-15(20)7-14(13)30-9-18(21,22)23/h1-8H,9H2,(H,27,29)(H,24,26,28). The average Bonchev–Trinajstić information content (AvgIpc) is 2.69. The number of anilines is 3. The van der Waals surface area contributed by atoms with Gasteiger partial charge in [0.05, 0.1) is 6.20 Å². The number of amides is 1. The minimum Gasteiger partial charge on any atom is -0.482 e. The van der Waals surface area contributed by atoms with Gasteiger partial charge in [0.25, 0.3) is 5.91 Å². The maximum atomic E-state index is 13.3. The van der Waals surface area contributed by atoms with Crippen LogP contribution in [0, 0.1) is 5.95 Å². The molecular weight excluding hydrogens is 430 g/mol. The number of alkyl halides is 3. The van der Waals surface area contributed by atoms with Crippen LogP contribution in [0.5, 0.6) is 5.75 Å². The van der Waals surface area contributed by atoms with Crippen LogP contribution < -0.4 is 15.4 Å². The summed E-state index contributed by atoms with van der Waals surface area (Å²) in [5, 5.41) is 5.70. The molecule has 0 bridgehead atoms. The third kappa shape index (κ3) is 6.01. The molecule has 0 spiro atoms. The van der Waals surface area contributed by atoms with Gasteiger partial charge in [0.1, 0.15) is 17.1 Å². The highest BCUT2D eigenvalue weighted by Gasteiger charge is 2.29. The van der Waals surface area contributed by atoms with Crippen molar-refractivity contribution in [3.63, 3.8) is 0 Å². The first-order valence-corrected chi connectivity index (χ1v) is 8.59. The van der Waals surface area contributed by atoms with Gasteiger partial charge in [0, 0.05) is 23.0 Å². The number of aromatic nitrogens is 3. The molecule has 2 N–H and O–H groups in total. The second-order valence-electron chi connectivity index (χ2n) is 5.76. The van der Waals surface area contributed by atoms with Crippen LogP contribution in [-0.2, 0) is 0 Å². The van der Waals surface area contributed by atoms with Crippen molar-refractivity contribution in [3.8, 4) is 5.75 Å². The zero-order valence-corrected chi connectivity index (χ0v) is 15.6. The summed E-state index contributed by atoms with van der Waals surface area (Å²) < 4.78 is 55.0. The molecule has 0 aliphatic carbocycles. The zero-order chi connectivity index (χ0) is 21.7. The van der Waals surface area contributed by atoms with E-state index in [0.717, 1.165) is 6.20 Å². The molecule has 7 nitrogen and oxygen atoms in total. The van der Waals surface area contributed by atoms with Crippen LogP contribution in [0.15, 0.2) is 48.8 Å². The number of benzene rings is 1. The highest BCUT2D eigenvalue weighted by molar-refractivity contribution is 6.30. The first-order chi connectivity index (χ1) is 14.2. The van der Waals surface area contributed by atoms with Crippen molar-refractivity contribution in [1.29, 1.82) is 0 Å². The molecule has 0 atom stereocenters. The van der Waals surface area contributed by atoms with Crippen LogP contribution in [-0.4, -0.2) is 33.6 Å². The molecule has 0 saturated heterocycles. The Kier molecular flexibility index (Phi) is 6.31. The van der Waals surface area contributed by atoms with Gasteiger partial charge in [-0.25, -0.2) is 15.0 Å². The van der Waals surface area contributed by atoms with Gasteiger partial charge in [-0.3, -0.25) is 4.79 Å². The minimum absolute atomic E-state index is 0.0933. The molecule has 2 aromatic heterocycles. The molecule has 0 unspecified atom stereocenters. The zero-order valence-electron chi connectivity index (χ0n) is 14.9. The first-order valence-electron chi connectivity index (χ1n) is 8.22. The van der Waals surface area contributed by atoms with E-state index < -0.39 is 30.4 Å². The van der Waals surface area contributed by atoms with Crippen LogP contribution in [0.25, 0.3) is 0 Å². The van der Waals surface area contributed by atoms with Crippen molar-refractivity contribution in [2.24, 2.45) is 0 Å². The fourth-order valence-electron chi connectivity index (χ4n) is 2.18. The summed E-state index contributed by atoms with van der Waals surface area (Å²) >= 11 is 5.82. The van der Waals surface area contributed by atoms with Crippen molar-refractivity contribution >= 4 is 34.8 Å². The summed E-state index contributed by atoms with van der Waals surface area (Å²) in [6.45, 7) is -1.66. The summed E-state index contributed by atoms with van der Waals surface area (Å²) in [4.78, 5) is 23.8. The molecule has 0 saturated carbocycles. The van der Waals surface area contributed by atoms with Gasteiger partial charge in [-0.1, -0.05) is 11.6 Å². The van der Waals surface area contributed by atoms with Gasteiger partial charge >= 0.3 is 6.18 Å². The fourth-order valence-corrected chi connectivity index (χ4v) is 2.31. The Bertz CT molecular complexity index is 1050. The Morgan fingerprint density at radius 3 is 2.57 bits per heavy atom. The second-order valence-corrected chi connectivity index (χ2v) is 6.19. The van der Waals surface area contributed by atoms with Crippen molar-refractivity contribution in [2.75, 3.05) is 17.2 Å². The number of nitrogens with one attached hydrogen (secondary N) is 2. The number of ether oxygens (including phenoxy) is 1.